The van der Waals surface area contributed by atoms with Crippen LogP contribution in [0.1, 0.15) is 81.6 Å². The van der Waals surface area contributed by atoms with Gasteiger partial charge in [-0.25, -0.2) is 4.79 Å². The summed E-state index contributed by atoms with van der Waals surface area (Å²) in [7, 11) is 0. The summed E-state index contributed by atoms with van der Waals surface area (Å²) in [6, 6.07) is 0. The number of alkyl carbamates (subject to hydrolysis) is 1. The minimum atomic E-state index is -0.472. The normalized spacial score (nSPS) is 14.3. The Morgan fingerprint density at radius 2 is 1.43 bits per heavy atom. The number of carbonyl (C=O) groups is 2. The van der Waals surface area contributed by atoms with E-state index in [1.54, 1.807) is 0 Å². The topological polar surface area (TPSA) is 55.4 Å². The highest BCUT2D eigenvalue weighted by molar-refractivity contribution is 5.86. The van der Waals surface area contributed by atoms with Gasteiger partial charge in [0.15, 0.2) is 0 Å². The monoisotopic (exact) mass is 327 g/mol. The maximum atomic E-state index is 12.7. The molecule has 0 aromatic rings. The van der Waals surface area contributed by atoms with Crippen LogP contribution in [0, 0.1) is 16.7 Å². The molecule has 136 valence electrons. The van der Waals surface area contributed by atoms with Gasteiger partial charge in [-0.15, -0.1) is 0 Å². The average molecular weight is 328 g/mol. The van der Waals surface area contributed by atoms with Crippen LogP contribution < -0.4 is 5.32 Å². The number of rotatable bonds is 6. The van der Waals surface area contributed by atoms with Crippen molar-refractivity contribution in [1.29, 1.82) is 0 Å². The van der Waals surface area contributed by atoms with Crippen molar-refractivity contribution in [3.8, 4) is 0 Å². The van der Waals surface area contributed by atoms with Gasteiger partial charge >= 0.3 is 6.09 Å². The molecule has 0 spiro atoms. The predicted octanol–water partition coefficient (Wildman–Crippen LogP) is 4.96. The van der Waals surface area contributed by atoms with Gasteiger partial charge in [0, 0.05) is 17.9 Å². The number of hydrogen-bond donors (Lipinski definition) is 1. The van der Waals surface area contributed by atoms with Gasteiger partial charge in [0.2, 0.25) is 0 Å². The average Bonchev–Trinajstić information content (AvgIpc) is 2.27. The zero-order chi connectivity index (χ0) is 18.5. The maximum absolute atomic E-state index is 12.7. The summed E-state index contributed by atoms with van der Waals surface area (Å²) in [5.74, 6) is 0.370. The first-order valence-electron chi connectivity index (χ1n) is 8.66. The fraction of sp³-hybridized carbons (Fsp3) is 0.895. The highest BCUT2D eigenvalue weighted by Gasteiger charge is 2.36. The van der Waals surface area contributed by atoms with Gasteiger partial charge < -0.3 is 10.1 Å². The van der Waals surface area contributed by atoms with Gasteiger partial charge in [0.25, 0.3) is 0 Å². The van der Waals surface area contributed by atoms with Crippen molar-refractivity contribution < 1.29 is 14.3 Å². The van der Waals surface area contributed by atoms with Gasteiger partial charge in [-0.3, -0.25) is 4.79 Å². The molecule has 23 heavy (non-hydrogen) atoms. The van der Waals surface area contributed by atoms with Crippen molar-refractivity contribution in [2.24, 2.45) is 16.7 Å². The third kappa shape index (κ3) is 9.62. The SMILES string of the molecule is CC(C)(C)OC(=O)NCCCC[C@@H](C(=O)C(C)(C)C)C(C)(C)C. The molecule has 0 unspecified atom stereocenters. The molecule has 1 atom stereocenters. The van der Waals surface area contributed by atoms with E-state index in [0.29, 0.717) is 12.3 Å². The van der Waals surface area contributed by atoms with Crippen molar-refractivity contribution in [1.82, 2.24) is 5.32 Å². The molecule has 1 N–H and O–H groups in total. The Kier molecular flexibility index (Phi) is 7.79. The molecule has 0 bridgehead atoms. The molecule has 0 radical (unpaired) electrons. The van der Waals surface area contributed by atoms with Crippen LogP contribution in [0.4, 0.5) is 4.79 Å². The van der Waals surface area contributed by atoms with Gasteiger partial charge in [0.1, 0.15) is 11.4 Å². The van der Waals surface area contributed by atoms with Crippen LogP contribution in [0.15, 0.2) is 0 Å². The first-order valence-corrected chi connectivity index (χ1v) is 8.66. The second-order valence-electron chi connectivity index (χ2n) is 9.46. The second kappa shape index (κ2) is 8.16. The van der Waals surface area contributed by atoms with E-state index < -0.39 is 5.60 Å². The number of ketones is 1. The summed E-state index contributed by atoms with van der Waals surface area (Å²) in [5.41, 5.74) is -0.823. The van der Waals surface area contributed by atoms with E-state index in [9.17, 15) is 9.59 Å². The number of hydrogen-bond acceptors (Lipinski definition) is 3. The molecule has 0 heterocycles. The molecule has 0 aromatic carbocycles. The Hall–Kier alpha value is -1.06. The van der Waals surface area contributed by atoms with Crippen LogP contribution in [0.25, 0.3) is 0 Å². The van der Waals surface area contributed by atoms with Crippen LogP contribution in [-0.4, -0.2) is 24.0 Å². The molecule has 0 rings (SSSR count). The minimum absolute atomic E-state index is 0.0387. The molecule has 1 amide bonds. The lowest BCUT2D eigenvalue weighted by Crippen LogP contribution is -2.36. The van der Waals surface area contributed by atoms with Crippen LogP contribution in [0.2, 0.25) is 0 Å². The quantitative estimate of drug-likeness (QED) is 0.702. The number of Topliss-reactive ketones (excluding diaryl/α,β-unsaturated/α-hetero) is 1. The smallest absolute Gasteiger partial charge is 0.407 e. The lowest BCUT2D eigenvalue weighted by Gasteiger charge is -2.34. The van der Waals surface area contributed by atoms with Crippen LogP contribution >= 0.6 is 0 Å². The van der Waals surface area contributed by atoms with Gasteiger partial charge in [0.05, 0.1) is 0 Å². The Balaban J connectivity index is 4.31. The minimum Gasteiger partial charge on any atom is -0.444 e. The molecule has 0 aliphatic rings. The van der Waals surface area contributed by atoms with E-state index in [1.165, 1.54) is 0 Å². The predicted molar refractivity (Wildman–Crippen MR) is 95.5 cm³/mol. The van der Waals surface area contributed by atoms with Crippen LogP contribution in [0.5, 0.6) is 0 Å². The van der Waals surface area contributed by atoms with Crippen LogP contribution in [0.3, 0.4) is 0 Å². The molecule has 0 saturated heterocycles. The standard InChI is InChI=1S/C19H37NO3/c1-17(2,3)14(15(21)18(4,5)6)12-10-11-13-20-16(22)23-19(7,8)9/h14H,10-13H2,1-9H3,(H,20,22)/t14-/m0/s1. The summed E-state index contributed by atoms with van der Waals surface area (Å²) in [6.07, 6.45) is 2.24. The summed E-state index contributed by atoms with van der Waals surface area (Å²) in [5, 5.41) is 2.77. The highest BCUT2D eigenvalue weighted by atomic mass is 16.6. The second-order valence-corrected chi connectivity index (χ2v) is 9.46. The molecular formula is C19H37NO3. The van der Waals surface area contributed by atoms with E-state index in [2.05, 4.69) is 26.1 Å². The first kappa shape index (κ1) is 21.9. The lowest BCUT2D eigenvalue weighted by atomic mass is 9.69. The number of amides is 1. The van der Waals surface area contributed by atoms with Gasteiger partial charge in [-0.2, -0.15) is 0 Å². The Morgan fingerprint density at radius 1 is 0.913 bits per heavy atom. The summed E-state index contributed by atoms with van der Waals surface area (Å²) in [4.78, 5) is 24.2. The van der Waals surface area contributed by atoms with E-state index in [-0.39, 0.29) is 22.8 Å². The van der Waals surface area contributed by atoms with E-state index >= 15 is 0 Å². The molecule has 4 heteroatoms. The Morgan fingerprint density at radius 3 is 1.83 bits per heavy atom. The molecule has 0 aliphatic carbocycles. The van der Waals surface area contributed by atoms with E-state index in [4.69, 9.17) is 4.74 Å². The largest absolute Gasteiger partial charge is 0.444 e. The molecule has 0 saturated carbocycles. The third-order valence-electron chi connectivity index (χ3n) is 3.69. The summed E-state index contributed by atoms with van der Waals surface area (Å²) >= 11 is 0. The summed E-state index contributed by atoms with van der Waals surface area (Å²) < 4.78 is 5.20. The van der Waals surface area contributed by atoms with Crippen molar-refractivity contribution in [2.45, 2.75) is 87.2 Å². The van der Waals surface area contributed by atoms with Crippen molar-refractivity contribution in [2.75, 3.05) is 6.54 Å². The molecule has 0 aliphatic heterocycles. The number of unbranched alkanes of at least 4 members (excludes halogenated alkanes) is 1. The third-order valence-corrected chi connectivity index (χ3v) is 3.69. The van der Waals surface area contributed by atoms with E-state index in [0.717, 1.165) is 19.3 Å². The number of ether oxygens (including phenoxy) is 1. The summed E-state index contributed by atoms with van der Waals surface area (Å²) in [6.45, 7) is 18.4. The number of nitrogens with one attached hydrogen (secondary N) is 1. The fourth-order valence-corrected chi connectivity index (χ4v) is 2.46. The zero-order valence-electron chi connectivity index (χ0n) is 16.6. The Labute approximate surface area is 142 Å². The molecular weight excluding hydrogens is 290 g/mol. The van der Waals surface area contributed by atoms with E-state index in [1.807, 2.05) is 41.5 Å². The lowest BCUT2D eigenvalue weighted by molar-refractivity contribution is -0.134. The maximum Gasteiger partial charge on any atom is 0.407 e. The highest BCUT2D eigenvalue weighted by Crippen LogP contribution is 2.36. The number of carbonyl (C=O) groups excluding carboxylic acids is 2. The zero-order valence-corrected chi connectivity index (χ0v) is 16.6. The van der Waals surface area contributed by atoms with Gasteiger partial charge in [-0.1, -0.05) is 48.0 Å². The van der Waals surface area contributed by atoms with Gasteiger partial charge in [-0.05, 0) is 39.0 Å². The molecule has 0 fully saturated rings. The van der Waals surface area contributed by atoms with Crippen molar-refractivity contribution in [3.05, 3.63) is 0 Å². The Bertz CT molecular complexity index is 394. The molecule has 4 nitrogen and oxygen atoms in total. The molecule has 0 aromatic heterocycles. The van der Waals surface area contributed by atoms with Crippen LogP contribution in [-0.2, 0) is 9.53 Å². The first-order chi connectivity index (χ1) is 10.1. The van der Waals surface area contributed by atoms with Crippen molar-refractivity contribution >= 4 is 11.9 Å². The van der Waals surface area contributed by atoms with Crippen molar-refractivity contribution in [3.63, 3.8) is 0 Å². The fourth-order valence-electron chi connectivity index (χ4n) is 2.46.